The number of aromatic nitrogens is 1. The highest BCUT2D eigenvalue weighted by Crippen LogP contribution is 2.32. The van der Waals surface area contributed by atoms with Crippen molar-refractivity contribution in [3.8, 4) is 28.5 Å². The van der Waals surface area contributed by atoms with Crippen LogP contribution in [0.4, 0.5) is 9.52 Å². The van der Waals surface area contributed by atoms with Crippen LogP contribution in [-0.2, 0) is 4.79 Å². The van der Waals surface area contributed by atoms with Gasteiger partial charge in [0.25, 0.3) is 5.91 Å². The molecule has 1 N–H and O–H groups in total. The summed E-state index contributed by atoms with van der Waals surface area (Å²) in [5.74, 6) is 0.473. The molecule has 0 radical (unpaired) electrons. The number of hydrogen-bond acceptors (Lipinski definition) is 6. The Kier molecular flexibility index (Phi) is 4.64. The van der Waals surface area contributed by atoms with E-state index in [1.54, 1.807) is 23.6 Å². The minimum atomic E-state index is -0.773. The number of carbonyl (C=O) groups excluding carboxylic acids is 1. The number of nitrogens with zero attached hydrogens (tertiary/aromatic N) is 1. The van der Waals surface area contributed by atoms with E-state index in [1.807, 2.05) is 12.1 Å². The van der Waals surface area contributed by atoms with Crippen LogP contribution in [0.15, 0.2) is 47.8 Å². The number of benzene rings is 2. The first-order valence-electron chi connectivity index (χ1n) is 8.13. The molecular weight excluding hydrogens is 371 g/mol. The molecule has 2 aromatic carbocycles. The van der Waals surface area contributed by atoms with Crippen molar-refractivity contribution in [1.29, 1.82) is 0 Å². The van der Waals surface area contributed by atoms with Gasteiger partial charge in [-0.25, -0.2) is 9.37 Å². The third kappa shape index (κ3) is 3.56. The molecule has 1 aromatic heterocycles. The molecule has 1 atom stereocenters. The molecule has 1 aliphatic rings. The van der Waals surface area contributed by atoms with Crippen molar-refractivity contribution >= 4 is 22.4 Å². The van der Waals surface area contributed by atoms with Gasteiger partial charge in [0.05, 0.1) is 12.8 Å². The first-order valence-corrected chi connectivity index (χ1v) is 9.01. The number of nitrogens with one attached hydrogen (secondary N) is 1. The van der Waals surface area contributed by atoms with Gasteiger partial charge in [0.15, 0.2) is 28.2 Å². The number of halogens is 1. The second kappa shape index (κ2) is 7.24. The summed E-state index contributed by atoms with van der Waals surface area (Å²) in [4.78, 5) is 16.8. The number of thiazole rings is 1. The topological polar surface area (TPSA) is 69.7 Å². The predicted octanol–water partition coefficient (Wildman–Crippen LogP) is 3.74. The zero-order valence-corrected chi connectivity index (χ0v) is 15.1. The van der Waals surface area contributed by atoms with E-state index in [2.05, 4.69) is 10.3 Å². The fourth-order valence-electron chi connectivity index (χ4n) is 2.62. The monoisotopic (exact) mass is 386 g/mol. The molecule has 0 aliphatic carbocycles. The molecule has 8 heteroatoms. The van der Waals surface area contributed by atoms with E-state index in [-0.39, 0.29) is 18.3 Å². The summed E-state index contributed by atoms with van der Waals surface area (Å²) < 4.78 is 30.0. The van der Waals surface area contributed by atoms with E-state index in [0.29, 0.717) is 27.9 Å². The molecule has 1 amide bonds. The lowest BCUT2D eigenvalue weighted by Gasteiger charge is -2.25. The molecule has 0 saturated carbocycles. The highest BCUT2D eigenvalue weighted by molar-refractivity contribution is 7.14. The summed E-state index contributed by atoms with van der Waals surface area (Å²) >= 11 is 1.25. The lowest BCUT2D eigenvalue weighted by Crippen LogP contribution is -2.40. The van der Waals surface area contributed by atoms with Gasteiger partial charge in [-0.3, -0.25) is 10.1 Å². The highest BCUT2D eigenvalue weighted by atomic mass is 32.1. The minimum Gasteiger partial charge on any atom is -0.494 e. The van der Waals surface area contributed by atoms with Crippen LogP contribution in [0.1, 0.15) is 0 Å². The third-order valence-electron chi connectivity index (χ3n) is 3.98. The Morgan fingerprint density at radius 1 is 1.30 bits per heavy atom. The Hall–Kier alpha value is -3.13. The normalized spacial score (nSPS) is 15.3. The molecule has 0 saturated heterocycles. The second-order valence-electron chi connectivity index (χ2n) is 5.74. The number of para-hydroxylation sites is 2. The van der Waals surface area contributed by atoms with E-state index in [0.717, 1.165) is 0 Å². The molecule has 6 nitrogen and oxygen atoms in total. The van der Waals surface area contributed by atoms with Gasteiger partial charge in [0, 0.05) is 10.9 Å². The molecule has 138 valence electrons. The quantitative estimate of drug-likeness (QED) is 0.740. The van der Waals surface area contributed by atoms with Crippen molar-refractivity contribution in [3.05, 3.63) is 53.7 Å². The molecule has 3 aromatic rings. The maximum atomic E-state index is 13.9. The summed E-state index contributed by atoms with van der Waals surface area (Å²) in [6, 6.07) is 11.8. The molecule has 1 unspecified atom stereocenters. The molecular formula is C19H15FN2O4S. The molecule has 2 heterocycles. The highest BCUT2D eigenvalue weighted by Gasteiger charge is 2.27. The summed E-state index contributed by atoms with van der Waals surface area (Å²) in [6.07, 6.45) is -0.773. The van der Waals surface area contributed by atoms with E-state index in [1.165, 1.54) is 30.6 Å². The van der Waals surface area contributed by atoms with Crippen LogP contribution in [0, 0.1) is 5.82 Å². The average molecular weight is 386 g/mol. The maximum absolute atomic E-state index is 13.9. The van der Waals surface area contributed by atoms with Crippen molar-refractivity contribution < 1.29 is 23.4 Å². The fraction of sp³-hybridized carbons (Fsp3) is 0.158. The summed E-state index contributed by atoms with van der Waals surface area (Å²) in [5, 5.41) is 4.85. The van der Waals surface area contributed by atoms with Crippen LogP contribution in [0.5, 0.6) is 17.2 Å². The minimum absolute atomic E-state index is 0.116. The summed E-state index contributed by atoms with van der Waals surface area (Å²) in [5.41, 5.74) is 1.15. The molecule has 0 spiro atoms. The van der Waals surface area contributed by atoms with Gasteiger partial charge < -0.3 is 14.2 Å². The number of anilines is 1. The second-order valence-corrected chi connectivity index (χ2v) is 6.60. The lowest BCUT2D eigenvalue weighted by molar-refractivity contribution is -0.125. The largest absolute Gasteiger partial charge is 0.494 e. The predicted molar refractivity (Wildman–Crippen MR) is 99.0 cm³/mol. The van der Waals surface area contributed by atoms with Crippen molar-refractivity contribution in [1.82, 2.24) is 4.98 Å². The zero-order valence-electron chi connectivity index (χ0n) is 14.3. The number of methoxy groups -OCH3 is 1. The van der Waals surface area contributed by atoms with Crippen LogP contribution in [0.25, 0.3) is 11.3 Å². The van der Waals surface area contributed by atoms with Crippen molar-refractivity contribution in [2.45, 2.75) is 6.10 Å². The molecule has 4 rings (SSSR count). The van der Waals surface area contributed by atoms with Gasteiger partial charge in [-0.1, -0.05) is 12.1 Å². The molecule has 27 heavy (non-hydrogen) atoms. The van der Waals surface area contributed by atoms with Gasteiger partial charge >= 0.3 is 0 Å². The van der Waals surface area contributed by atoms with E-state index < -0.39 is 11.9 Å². The average Bonchev–Trinajstić information content (AvgIpc) is 3.16. The van der Waals surface area contributed by atoms with Crippen LogP contribution >= 0.6 is 11.3 Å². The maximum Gasteiger partial charge on any atom is 0.270 e. The fourth-order valence-corrected chi connectivity index (χ4v) is 3.35. The van der Waals surface area contributed by atoms with Crippen LogP contribution in [0.2, 0.25) is 0 Å². The van der Waals surface area contributed by atoms with Crippen molar-refractivity contribution in [2.75, 3.05) is 19.0 Å². The smallest absolute Gasteiger partial charge is 0.270 e. The van der Waals surface area contributed by atoms with Gasteiger partial charge in [-0.2, -0.15) is 0 Å². The number of rotatable bonds is 4. The summed E-state index contributed by atoms with van der Waals surface area (Å²) in [6.45, 7) is 0.116. The number of carbonyl (C=O) groups is 1. The zero-order chi connectivity index (χ0) is 18.8. The Bertz CT molecular complexity index is 991. The van der Waals surface area contributed by atoms with Gasteiger partial charge in [-0.15, -0.1) is 11.3 Å². The molecule has 0 bridgehead atoms. The van der Waals surface area contributed by atoms with Gasteiger partial charge in [0.1, 0.15) is 6.61 Å². The number of ether oxygens (including phenoxy) is 3. The van der Waals surface area contributed by atoms with Gasteiger partial charge in [-0.05, 0) is 30.3 Å². The SMILES string of the molecule is COc1ccc(-c2csc(NC(=O)C3COc4ccccc4O3)n2)cc1F. The Morgan fingerprint density at radius 2 is 2.11 bits per heavy atom. The van der Waals surface area contributed by atoms with E-state index in [4.69, 9.17) is 14.2 Å². The Morgan fingerprint density at radius 3 is 2.89 bits per heavy atom. The molecule has 0 fully saturated rings. The van der Waals surface area contributed by atoms with E-state index in [9.17, 15) is 9.18 Å². The number of fused-ring (bicyclic) bond motifs is 1. The number of amides is 1. The van der Waals surface area contributed by atoms with Crippen LogP contribution < -0.4 is 19.5 Å². The molecule has 1 aliphatic heterocycles. The van der Waals surface area contributed by atoms with Crippen LogP contribution in [-0.4, -0.2) is 30.7 Å². The Labute approximate surface area is 158 Å². The third-order valence-corrected chi connectivity index (χ3v) is 4.74. The van der Waals surface area contributed by atoms with Crippen LogP contribution in [0.3, 0.4) is 0 Å². The van der Waals surface area contributed by atoms with Crippen molar-refractivity contribution in [2.24, 2.45) is 0 Å². The lowest BCUT2D eigenvalue weighted by atomic mass is 10.1. The first kappa shape index (κ1) is 17.3. The summed E-state index contributed by atoms with van der Waals surface area (Å²) in [7, 11) is 1.41. The van der Waals surface area contributed by atoms with Gasteiger partial charge in [0.2, 0.25) is 6.10 Å². The first-order chi connectivity index (χ1) is 13.1. The standard InChI is InChI=1S/C19H15FN2O4S/c1-24-14-7-6-11(8-12(14)20)13-10-27-19(21-13)22-18(23)17-9-25-15-4-2-3-5-16(15)26-17/h2-8,10,17H,9H2,1H3,(H,21,22,23). The number of hydrogen-bond donors (Lipinski definition) is 1. The Balaban J connectivity index is 1.45. The van der Waals surface area contributed by atoms with Crippen molar-refractivity contribution in [3.63, 3.8) is 0 Å². The van der Waals surface area contributed by atoms with E-state index >= 15 is 0 Å².